The van der Waals surface area contributed by atoms with E-state index in [1.165, 1.54) is 11.1 Å². The summed E-state index contributed by atoms with van der Waals surface area (Å²) >= 11 is 0. The van der Waals surface area contributed by atoms with Gasteiger partial charge in [-0.05, 0) is 23.6 Å². The van der Waals surface area contributed by atoms with Crippen LogP contribution < -0.4 is 5.73 Å². The van der Waals surface area contributed by atoms with E-state index in [4.69, 9.17) is 5.73 Å². The molecular weight excluding hydrogens is 246 g/mol. The lowest BCUT2D eigenvalue weighted by atomic mass is 10.1. The minimum absolute atomic E-state index is 0.834. The van der Waals surface area contributed by atoms with Crippen LogP contribution in [0.1, 0.15) is 5.56 Å². The van der Waals surface area contributed by atoms with Crippen LogP contribution in [0.3, 0.4) is 0 Å². The lowest BCUT2D eigenvalue weighted by Crippen LogP contribution is -2.03. The minimum atomic E-state index is 0.834. The van der Waals surface area contributed by atoms with Gasteiger partial charge in [0.1, 0.15) is 0 Å². The van der Waals surface area contributed by atoms with Crippen molar-refractivity contribution in [2.45, 2.75) is 13.0 Å². The summed E-state index contributed by atoms with van der Waals surface area (Å²) in [6, 6.07) is 18.3. The number of nitrogens with two attached hydrogens (primary N) is 1. The quantitative estimate of drug-likeness (QED) is 0.733. The predicted molar refractivity (Wildman–Crippen MR) is 82.2 cm³/mol. The summed E-state index contributed by atoms with van der Waals surface area (Å²) in [6.45, 7) is 0.834. The highest BCUT2D eigenvalue weighted by atomic mass is 15.3. The van der Waals surface area contributed by atoms with Crippen molar-refractivity contribution < 1.29 is 0 Å². The fourth-order valence-corrected chi connectivity index (χ4v) is 2.26. The molecule has 0 aliphatic heterocycles. The summed E-state index contributed by atoms with van der Waals surface area (Å²) in [6.07, 6.45) is 4.88. The molecule has 1 heterocycles. The third-order valence-electron chi connectivity index (χ3n) is 3.41. The summed E-state index contributed by atoms with van der Waals surface area (Å²) in [4.78, 5) is 0. The number of hydrogen-bond donors (Lipinski definition) is 1. The van der Waals surface area contributed by atoms with Crippen molar-refractivity contribution in [2.24, 2.45) is 0 Å². The first-order chi connectivity index (χ1) is 9.83. The maximum atomic E-state index is 5.95. The van der Waals surface area contributed by atoms with Gasteiger partial charge in [-0.2, -0.15) is 5.10 Å². The minimum Gasteiger partial charge on any atom is -0.399 e. The Balaban J connectivity index is 1.71. The molecule has 0 unspecified atom stereocenters. The Morgan fingerprint density at radius 1 is 0.900 bits per heavy atom. The molecule has 3 rings (SSSR count). The van der Waals surface area contributed by atoms with Crippen molar-refractivity contribution in [2.75, 3.05) is 5.73 Å². The zero-order valence-corrected chi connectivity index (χ0v) is 11.2. The molecule has 1 aromatic heterocycles. The van der Waals surface area contributed by atoms with E-state index < -0.39 is 0 Å². The second-order valence-corrected chi connectivity index (χ2v) is 4.81. The molecule has 0 amide bonds. The standard InChI is InChI=1S/C17H17N3/c18-17-9-5-4-8-15(17)10-11-20-13-16(12-19-20)14-6-2-1-3-7-14/h1-9,12-13H,10-11,18H2. The van der Waals surface area contributed by atoms with Gasteiger partial charge < -0.3 is 5.73 Å². The number of aromatic nitrogens is 2. The van der Waals surface area contributed by atoms with Crippen molar-refractivity contribution in [3.8, 4) is 11.1 Å². The van der Waals surface area contributed by atoms with Gasteiger partial charge in [-0.1, -0.05) is 48.5 Å². The maximum absolute atomic E-state index is 5.95. The number of aryl methyl sites for hydroxylation is 2. The zero-order valence-electron chi connectivity index (χ0n) is 11.2. The maximum Gasteiger partial charge on any atom is 0.0568 e. The van der Waals surface area contributed by atoms with Gasteiger partial charge in [-0.15, -0.1) is 0 Å². The Labute approximate surface area is 118 Å². The molecule has 0 atom stereocenters. The van der Waals surface area contributed by atoms with E-state index >= 15 is 0 Å². The largest absolute Gasteiger partial charge is 0.399 e. The molecular formula is C17H17N3. The fourth-order valence-electron chi connectivity index (χ4n) is 2.26. The van der Waals surface area contributed by atoms with Crippen LogP contribution in [0.15, 0.2) is 67.0 Å². The number of benzene rings is 2. The summed E-state index contributed by atoms with van der Waals surface area (Å²) in [5.74, 6) is 0. The van der Waals surface area contributed by atoms with Crippen molar-refractivity contribution in [1.82, 2.24) is 9.78 Å². The SMILES string of the molecule is Nc1ccccc1CCn1cc(-c2ccccc2)cn1. The molecule has 2 N–H and O–H groups in total. The molecule has 100 valence electrons. The van der Waals surface area contributed by atoms with Gasteiger partial charge in [0.05, 0.1) is 6.20 Å². The van der Waals surface area contributed by atoms with Crippen molar-refractivity contribution in [3.63, 3.8) is 0 Å². The molecule has 3 nitrogen and oxygen atoms in total. The summed E-state index contributed by atoms with van der Waals surface area (Å²) in [7, 11) is 0. The average Bonchev–Trinajstić information content (AvgIpc) is 2.96. The number of hydrogen-bond acceptors (Lipinski definition) is 2. The molecule has 0 aliphatic carbocycles. The normalized spacial score (nSPS) is 10.6. The van der Waals surface area contributed by atoms with Crippen LogP contribution in [0.2, 0.25) is 0 Å². The topological polar surface area (TPSA) is 43.8 Å². The molecule has 20 heavy (non-hydrogen) atoms. The van der Waals surface area contributed by atoms with Crippen molar-refractivity contribution in [3.05, 3.63) is 72.6 Å². The van der Waals surface area contributed by atoms with Gasteiger partial charge in [-0.3, -0.25) is 4.68 Å². The lowest BCUT2D eigenvalue weighted by Gasteiger charge is -2.05. The molecule has 0 bridgehead atoms. The Kier molecular flexibility index (Phi) is 3.50. The number of rotatable bonds is 4. The van der Waals surface area contributed by atoms with E-state index in [1.807, 2.05) is 47.3 Å². The van der Waals surface area contributed by atoms with Gasteiger partial charge in [0.15, 0.2) is 0 Å². The van der Waals surface area contributed by atoms with Crippen LogP contribution in [0.5, 0.6) is 0 Å². The second-order valence-electron chi connectivity index (χ2n) is 4.81. The highest BCUT2D eigenvalue weighted by Gasteiger charge is 2.02. The molecule has 0 saturated carbocycles. The van der Waals surface area contributed by atoms with Gasteiger partial charge in [0.25, 0.3) is 0 Å². The van der Waals surface area contributed by atoms with E-state index in [2.05, 4.69) is 29.5 Å². The second kappa shape index (κ2) is 5.61. The molecule has 0 saturated heterocycles. The van der Waals surface area contributed by atoms with Crippen LogP contribution in [0.25, 0.3) is 11.1 Å². The highest BCUT2D eigenvalue weighted by Crippen LogP contribution is 2.18. The molecule has 0 radical (unpaired) electrons. The third kappa shape index (κ3) is 2.72. The Morgan fingerprint density at radius 3 is 2.45 bits per heavy atom. The number of para-hydroxylation sites is 1. The fraction of sp³-hybridized carbons (Fsp3) is 0.118. The van der Waals surface area contributed by atoms with Crippen LogP contribution in [-0.2, 0) is 13.0 Å². The van der Waals surface area contributed by atoms with Crippen LogP contribution in [-0.4, -0.2) is 9.78 Å². The molecule has 0 aliphatic rings. The Bertz CT molecular complexity index is 686. The lowest BCUT2D eigenvalue weighted by molar-refractivity contribution is 0.615. The summed E-state index contributed by atoms with van der Waals surface area (Å²) < 4.78 is 1.97. The first kappa shape index (κ1) is 12.5. The van der Waals surface area contributed by atoms with Gasteiger partial charge in [0.2, 0.25) is 0 Å². The van der Waals surface area contributed by atoms with Crippen LogP contribution in [0, 0.1) is 0 Å². The van der Waals surface area contributed by atoms with E-state index in [1.54, 1.807) is 0 Å². The molecule has 2 aromatic carbocycles. The highest BCUT2D eigenvalue weighted by molar-refractivity contribution is 5.61. The molecule has 3 heteroatoms. The first-order valence-corrected chi connectivity index (χ1v) is 6.74. The van der Waals surface area contributed by atoms with Crippen molar-refractivity contribution in [1.29, 1.82) is 0 Å². The van der Waals surface area contributed by atoms with E-state index in [9.17, 15) is 0 Å². The Hall–Kier alpha value is -2.55. The van der Waals surface area contributed by atoms with Gasteiger partial charge in [-0.25, -0.2) is 0 Å². The average molecular weight is 263 g/mol. The van der Waals surface area contributed by atoms with Gasteiger partial charge in [0, 0.05) is 24.0 Å². The smallest absolute Gasteiger partial charge is 0.0568 e. The summed E-state index contributed by atoms with van der Waals surface area (Å²) in [5, 5.41) is 4.41. The van der Waals surface area contributed by atoms with Gasteiger partial charge >= 0.3 is 0 Å². The molecule has 3 aromatic rings. The number of anilines is 1. The predicted octanol–water partition coefficient (Wildman–Crippen LogP) is 3.38. The van der Waals surface area contributed by atoms with Crippen LogP contribution in [0.4, 0.5) is 5.69 Å². The molecule has 0 fully saturated rings. The van der Waals surface area contributed by atoms with Crippen LogP contribution >= 0.6 is 0 Å². The number of nitrogen functional groups attached to an aromatic ring is 1. The number of nitrogens with zero attached hydrogens (tertiary/aromatic N) is 2. The third-order valence-corrected chi connectivity index (χ3v) is 3.41. The van der Waals surface area contributed by atoms with E-state index in [0.29, 0.717) is 0 Å². The monoisotopic (exact) mass is 263 g/mol. The van der Waals surface area contributed by atoms with E-state index in [-0.39, 0.29) is 0 Å². The molecule has 0 spiro atoms. The van der Waals surface area contributed by atoms with Crippen molar-refractivity contribution >= 4 is 5.69 Å². The van der Waals surface area contributed by atoms with E-state index in [0.717, 1.165) is 24.2 Å². The Morgan fingerprint density at radius 2 is 1.65 bits per heavy atom. The summed E-state index contributed by atoms with van der Waals surface area (Å²) in [5.41, 5.74) is 10.3. The zero-order chi connectivity index (χ0) is 13.8. The first-order valence-electron chi connectivity index (χ1n) is 6.74.